The molecule has 0 atom stereocenters. The SMILES string of the molecule is Nc1ccccc1OCCNS(=O)(=O)c1sccc1Br. The summed E-state index contributed by atoms with van der Waals surface area (Å²) in [6.07, 6.45) is 0. The zero-order chi connectivity index (χ0) is 14.6. The highest BCUT2D eigenvalue weighted by Gasteiger charge is 2.18. The van der Waals surface area contributed by atoms with Gasteiger partial charge in [-0.15, -0.1) is 11.3 Å². The molecule has 0 saturated carbocycles. The predicted molar refractivity (Wildman–Crippen MR) is 83.6 cm³/mol. The molecule has 8 heteroatoms. The van der Waals surface area contributed by atoms with Gasteiger partial charge < -0.3 is 10.5 Å². The molecule has 0 bridgehead atoms. The predicted octanol–water partition coefficient (Wildman–Crippen LogP) is 2.45. The van der Waals surface area contributed by atoms with E-state index in [4.69, 9.17) is 10.5 Å². The number of nitrogens with one attached hydrogen (secondary N) is 1. The van der Waals surface area contributed by atoms with Crippen molar-refractivity contribution in [2.45, 2.75) is 4.21 Å². The molecule has 0 spiro atoms. The van der Waals surface area contributed by atoms with E-state index in [0.717, 1.165) is 11.3 Å². The maximum Gasteiger partial charge on any atom is 0.251 e. The van der Waals surface area contributed by atoms with E-state index in [-0.39, 0.29) is 17.4 Å². The maximum atomic E-state index is 12.0. The highest BCUT2D eigenvalue weighted by molar-refractivity contribution is 9.10. The summed E-state index contributed by atoms with van der Waals surface area (Å²) in [5.41, 5.74) is 6.24. The number of thiophene rings is 1. The standard InChI is InChI=1S/C12H13BrN2O3S2/c13-9-5-8-19-12(9)20(16,17)15-6-7-18-11-4-2-1-3-10(11)14/h1-5,8,15H,6-7,14H2. The molecule has 0 aliphatic heterocycles. The molecular weight excluding hydrogens is 364 g/mol. The van der Waals surface area contributed by atoms with E-state index in [9.17, 15) is 8.42 Å². The van der Waals surface area contributed by atoms with Gasteiger partial charge in [0.1, 0.15) is 16.6 Å². The van der Waals surface area contributed by atoms with Crippen molar-refractivity contribution in [3.8, 4) is 5.75 Å². The van der Waals surface area contributed by atoms with Gasteiger partial charge in [0.15, 0.2) is 0 Å². The van der Waals surface area contributed by atoms with Gasteiger partial charge in [0.2, 0.25) is 0 Å². The molecule has 0 unspecified atom stereocenters. The van der Waals surface area contributed by atoms with Crippen molar-refractivity contribution in [3.63, 3.8) is 0 Å². The van der Waals surface area contributed by atoms with Gasteiger partial charge in [0.25, 0.3) is 10.0 Å². The first-order valence-corrected chi connectivity index (χ1v) is 8.86. The van der Waals surface area contributed by atoms with Crippen molar-refractivity contribution in [2.75, 3.05) is 18.9 Å². The number of para-hydroxylation sites is 2. The van der Waals surface area contributed by atoms with Crippen LogP contribution in [-0.4, -0.2) is 21.6 Å². The highest BCUT2D eigenvalue weighted by atomic mass is 79.9. The quantitative estimate of drug-likeness (QED) is 0.599. The number of halogens is 1. The van der Waals surface area contributed by atoms with E-state index in [1.165, 1.54) is 0 Å². The number of ether oxygens (including phenoxy) is 1. The van der Waals surface area contributed by atoms with Gasteiger partial charge in [0, 0.05) is 11.0 Å². The lowest BCUT2D eigenvalue weighted by Crippen LogP contribution is -2.28. The first kappa shape index (κ1) is 15.3. The summed E-state index contributed by atoms with van der Waals surface area (Å²) in [7, 11) is -3.50. The lowest BCUT2D eigenvalue weighted by atomic mass is 10.3. The van der Waals surface area contributed by atoms with E-state index in [0.29, 0.717) is 15.9 Å². The number of benzene rings is 1. The summed E-state index contributed by atoms with van der Waals surface area (Å²) >= 11 is 4.36. The Kier molecular flexibility index (Phi) is 5.03. The van der Waals surface area contributed by atoms with Crippen LogP contribution in [-0.2, 0) is 10.0 Å². The van der Waals surface area contributed by atoms with Gasteiger partial charge in [-0.25, -0.2) is 13.1 Å². The average molecular weight is 377 g/mol. The second-order valence-corrected chi connectivity index (χ2v) is 7.57. The smallest absolute Gasteiger partial charge is 0.251 e. The average Bonchev–Trinajstić information content (AvgIpc) is 2.84. The summed E-state index contributed by atoms with van der Waals surface area (Å²) in [6, 6.07) is 8.76. The summed E-state index contributed by atoms with van der Waals surface area (Å²) in [5.74, 6) is 0.545. The summed E-state index contributed by atoms with van der Waals surface area (Å²) in [4.78, 5) is 0. The van der Waals surface area contributed by atoms with Crippen LogP contribution >= 0.6 is 27.3 Å². The lowest BCUT2D eigenvalue weighted by Gasteiger charge is -2.09. The van der Waals surface area contributed by atoms with Crippen LogP contribution in [0, 0.1) is 0 Å². The van der Waals surface area contributed by atoms with Crippen LogP contribution in [0.4, 0.5) is 5.69 Å². The molecule has 1 aromatic heterocycles. The molecule has 2 rings (SSSR count). The van der Waals surface area contributed by atoms with Crippen LogP contribution in [0.2, 0.25) is 0 Å². The minimum Gasteiger partial charge on any atom is -0.490 e. The Labute approximate surface area is 129 Å². The molecule has 5 nitrogen and oxygen atoms in total. The molecular formula is C12H13BrN2O3S2. The number of anilines is 1. The molecule has 0 aliphatic rings. The van der Waals surface area contributed by atoms with E-state index in [1.54, 1.807) is 35.7 Å². The molecule has 0 amide bonds. The van der Waals surface area contributed by atoms with Crippen LogP contribution in [0.25, 0.3) is 0 Å². The second-order valence-electron chi connectivity index (χ2n) is 3.84. The molecule has 0 fully saturated rings. The topological polar surface area (TPSA) is 81.4 Å². The third-order valence-corrected chi connectivity index (χ3v) is 6.53. The summed E-state index contributed by atoms with van der Waals surface area (Å²) < 4.78 is 32.7. The fraction of sp³-hybridized carbons (Fsp3) is 0.167. The van der Waals surface area contributed by atoms with Crippen molar-refractivity contribution >= 4 is 43.0 Å². The monoisotopic (exact) mass is 376 g/mol. The normalized spacial score (nSPS) is 11.4. The first-order chi connectivity index (χ1) is 9.50. The van der Waals surface area contributed by atoms with E-state index in [1.807, 2.05) is 0 Å². The molecule has 2 aromatic rings. The minimum absolute atomic E-state index is 0.168. The van der Waals surface area contributed by atoms with Crippen molar-refractivity contribution in [1.82, 2.24) is 4.72 Å². The van der Waals surface area contributed by atoms with Gasteiger partial charge in [-0.2, -0.15) is 0 Å². The second kappa shape index (κ2) is 6.57. The van der Waals surface area contributed by atoms with E-state index in [2.05, 4.69) is 20.7 Å². The molecule has 20 heavy (non-hydrogen) atoms. The summed E-state index contributed by atoms with van der Waals surface area (Å²) in [6.45, 7) is 0.372. The Hall–Kier alpha value is -1.09. The Morgan fingerprint density at radius 3 is 2.70 bits per heavy atom. The molecule has 0 saturated heterocycles. The van der Waals surface area contributed by atoms with Crippen molar-refractivity contribution < 1.29 is 13.2 Å². The third-order valence-electron chi connectivity index (χ3n) is 2.40. The summed E-state index contributed by atoms with van der Waals surface area (Å²) in [5, 5.41) is 1.71. The number of hydrogen-bond acceptors (Lipinski definition) is 5. The van der Waals surface area contributed by atoms with Gasteiger partial charge in [0.05, 0.1) is 5.69 Å². The fourth-order valence-electron chi connectivity index (χ4n) is 1.49. The van der Waals surface area contributed by atoms with Crippen LogP contribution in [0.3, 0.4) is 0 Å². The Bertz CT molecular complexity index is 686. The zero-order valence-corrected chi connectivity index (χ0v) is 13.6. The Morgan fingerprint density at radius 1 is 1.30 bits per heavy atom. The largest absolute Gasteiger partial charge is 0.490 e. The van der Waals surface area contributed by atoms with Gasteiger partial charge in [-0.1, -0.05) is 12.1 Å². The first-order valence-electron chi connectivity index (χ1n) is 5.70. The molecule has 1 heterocycles. The van der Waals surface area contributed by atoms with Crippen LogP contribution < -0.4 is 15.2 Å². The number of rotatable bonds is 6. The molecule has 0 aliphatic carbocycles. The number of nitrogen functional groups attached to an aromatic ring is 1. The van der Waals surface area contributed by atoms with Crippen molar-refractivity contribution in [1.29, 1.82) is 0 Å². The molecule has 108 valence electrons. The van der Waals surface area contributed by atoms with Gasteiger partial charge in [-0.3, -0.25) is 0 Å². The Morgan fingerprint density at radius 2 is 2.05 bits per heavy atom. The third kappa shape index (κ3) is 3.72. The molecule has 3 N–H and O–H groups in total. The van der Waals surface area contributed by atoms with Gasteiger partial charge >= 0.3 is 0 Å². The van der Waals surface area contributed by atoms with Gasteiger partial charge in [-0.05, 0) is 39.5 Å². The Balaban J connectivity index is 1.88. The van der Waals surface area contributed by atoms with Crippen LogP contribution in [0.1, 0.15) is 0 Å². The van der Waals surface area contributed by atoms with E-state index < -0.39 is 10.0 Å². The maximum absolute atomic E-state index is 12.0. The molecule has 1 aromatic carbocycles. The number of sulfonamides is 1. The number of hydrogen-bond donors (Lipinski definition) is 2. The van der Waals surface area contributed by atoms with E-state index >= 15 is 0 Å². The lowest BCUT2D eigenvalue weighted by molar-refractivity contribution is 0.324. The van der Waals surface area contributed by atoms with Crippen molar-refractivity contribution in [2.24, 2.45) is 0 Å². The minimum atomic E-state index is -3.50. The zero-order valence-electron chi connectivity index (χ0n) is 10.4. The molecule has 0 radical (unpaired) electrons. The van der Waals surface area contributed by atoms with Crippen molar-refractivity contribution in [3.05, 3.63) is 40.2 Å². The van der Waals surface area contributed by atoms with Crippen LogP contribution in [0.5, 0.6) is 5.75 Å². The highest BCUT2D eigenvalue weighted by Crippen LogP contribution is 2.27. The fourth-order valence-corrected chi connectivity index (χ4v) is 4.88. The number of nitrogens with two attached hydrogens (primary N) is 1. The van der Waals surface area contributed by atoms with Crippen LogP contribution in [0.15, 0.2) is 44.4 Å².